The van der Waals surface area contributed by atoms with Gasteiger partial charge < -0.3 is 9.72 Å². The maximum absolute atomic E-state index is 12.0. The number of hydrogen-bond acceptors (Lipinski definition) is 3. The molecule has 0 fully saturated rings. The van der Waals surface area contributed by atoms with Crippen LogP contribution < -0.4 is 5.32 Å². The van der Waals surface area contributed by atoms with Crippen molar-refractivity contribution in [2.45, 2.75) is 0 Å². The molecule has 0 atom stereocenters. The van der Waals surface area contributed by atoms with Gasteiger partial charge in [-0.2, -0.15) is 5.10 Å². The van der Waals surface area contributed by atoms with Gasteiger partial charge in [-0.15, -0.1) is 0 Å². The summed E-state index contributed by atoms with van der Waals surface area (Å²) in [7, 11) is 0. The van der Waals surface area contributed by atoms with E-state index in [2.05, 4.69) is 20.5 Å². The highest BCUT2D eigenvalue weighted by atomic mass is 16.1. The highest BCUT2D eigenvalue weighted by Gasteiger charge is 2.09. The molecular weight excluding hydrogens is 290 g/mol. The number of imidazole rings is 1. The van der Waals surface area contributed by atoms with Gasteiger partial charge in [0.1, 0.15) is 11.3 Å². The number of nitrogens with one attached hydrogen (secondary N) is 2. The van der Waals surface area contributed by atoms with Crippen LogP contribution in [0.5, 0.6) is 0 Å². The second-order valence-electron chi connectivity index (χ2n) is 5.10. The van der Waals surface area contributed by atoms with Crippen molar-refractivity contribution >= 4 is 17.2 Å². The first kappa shape index (κ1) is 13.3. The molecule has 3 heterocycles. The third-order valence-corrected chi connectivity index (χ3v) is 3.53. The molecule has 0 saturated carbocycles. The molecule has 2 N–H and O–H groups in total. The van der Waals surface area contributed by atoms with Gasteiger partial charge in [-0.3, -0.25) is 9.89 Å². The van der Waals surface area contributed by atoms with Gasteiger partial charge >= 0.3 is 0 Å². The molecule has 0 spiro atoms. The topological polar surface area (TPSA) is 75.1 Å². The van der Waals surface area contributed by atoms with Crippen molar-refractivity contribution in [3.63, 3.8) is 0 Å². The van der Waals surface area contributed by atoms with Crippen molar-refractivity contribution in [1.82, 2.24) is 19.6 Å². The Morgan fingerprint density at radius 1 is 1.13 bits per heavy atom. The maximum Gasteiger partial charge on any atom is 0.273 e. The summed E-state index contributed by atoms with van der Waals surface area (Å²) in [6, 6.07) is 15.3. The van der Waals surface area contributed by atoms with Crippen LogP contribution in [0.25, 0.3) is 16.9 Å². The number of benzene rings is 1. The van der Waals surface area contributed by atoms with E-state index in [0.29, 0.717) is 11.4 Å². The predicted octanol–water partition coefficient (Wildman–Crippen LogP) is 2.98. The Bertz CT molecular complexity index is 957. The number of aromatic nitrogens is 4. The summed E-state index contributed by atoms with van der Waals surface area (Å²) in [6.45, 7) is 0. The number of carbonyl (C=O) groups is 1. The number of H-pyrrole nitrogens is 1. The summed E-state index contributed by atoms with van der Waals surface area (Å²) in [6.07, 6.45) is 5.38. The molecule has 4 rings (SSSR count). The lowest BCUT2D eigenvalue weighted by atomic mass is 10.2. The second-order valence-corrected chi connectivity index (χ2v) is 5.10. The highest BCUT2D eigenvalue weighted by molar-refractivity contribution is 6.02. The van der Waals surface area contributed by atoms with Crippen molar-refractivity contribution < 1.29 is 4.79 Å². The fraction of sp³-hybridized carbons (Fsp3) is 0. The summed E-state index contributed by atoms with van der Waals surface area (Å²) < 4.78 is 1.92. The largest absolute Gasteiger partial charge is 0.320 e. The van der Waals surface area contributed by atoms with Gasteiger partial charge in [0.25, 0.3) is 5.91 Å². The Labute approximate surface area is 131 Å². The summed E-state index contributed by atoms with van der Waals surface area (Å²) in [5.41, 5.74) is 3.81. The van der Waals surface area contributed by atoms with Gasteiger partial charge in [0.15, 0.2) is 0 Å². The third-order valence-electron chi connectivity index (χ3n) is 3.53. The summed E-state index contributed by atoms with van der Waals surface area (Å²) in [4.78, 5) is 16.6. The van der Waals surface area contributed by atoms with Gasteiger partial charge in [-0.05, 0) is 12.1 Å². The predicted molar refractivity (Wildman–Crippen MR) is 87.2 cm³/mol. The average Bonchev–Trinajstić information content (AvgIpc) is 3.25. The van der Waals surface area contributed by atoms with Gasteiger partial charge in [-0.25, -0.2) is 4.98 Å². The first-order valence-corrected chi connectivity index (χ1v) is 7.14. The van der Waals surface area contributed by atoms with E-state index in [4.69, 9.17) is 0 Å². The third kappa shape index (κ3) is 2.57. The number of fused-ring (bicyclic) bond motifs is 1. The fourth-order valence-electron chi connectivity index (χ4n) is 2.39. The number of pyridine rings is 1. The molecule has 0 unspecified atom stereocenters. The SMILES string of the molecule is O=C(Nc1ccn2cc(-c3ccccc3)nc2c1)c1ccn[nH]1. The van der Waals surface area contributed by atoms with E-state index in [1.54, 1.807) is 12.3 Å². The number of rotatable bonds is 3. The molecule has 0 saturated heterocycles. The minimum Gasteiger partial charge on any atom is -0.320 e. The number of hydrogen-bond donors (Lipinski definition) is 2. The Balaban J connectivity index is 1.64. The lowest BCUT2D eigenvalue weighted by molar-refractivity contribution is 0.102. The monoisotopic (exact) mass is 303 g/mol. The summed E-state index contributed by atoms with van der Waals surface area (Å²) >= 11 is 0. The minimum atomic E-state index is -0.235. The molecule has 0 bridgehead atoms. The van der Waals surface area contributed by atoms with Crippen LogP contribution in [-0.2, 0) is 0 Å². The standard InChI is InChI=1S/C17H13N5O/c23-17(14-6-8-18-21-14)19-13-7-9-22-11-15(20-16(22)10-13)12-4-2-1-3-5-12/h1-11H,(H,18,21)(H,19,23). The van der Waals surface area contributed by atoms with E-state index < -0.39 is 0 Å². The Kier molecular flexibility index (Phi) is 3.12. The zero-order valence-electron chi connectivity index (χ0n) is 12.1. The Morgan fingerprint density at radius 3 is 2.78 bits per heavy atom. The number of aromatic amines is 1. The quantitative estimate of drug-likeness (QED) is 0.611. The van der Waals surface area contributed by atoms with Crippen LogP contribution in [-0.4, -0.2) is 25.5 Å². The maximum atomic E-state index is 12.0. The minimum absolute atomic E-state index is 0.235. The molecule has 112 valence electrons. The average molecular weight is 303 g/mol. The van der Waals surface area contributed by atoms with Crippen LogP contribution in [0.1, 0.15) is 10.5 Å². The van der Waals surface area contributed by atoms with E-state index >= 15 is 0 Å². The molecule has 23 heavy (non-hydrogen) atoms. The van der Waals surface area contributed by atoms with Crippen LogP contribution in [0.2, 0.25) is 0 Å². The van der Waals surface area contributed by atoms with E-state index in [1.807, 2.05) is 59.3 Å². The van der Waals surface area contributed by atoms with Crippen LogP contribution in [0.15, 0.2) is 67.1 Å². The van der Waals surface area contributed by atoms with Crippen molar-refractivity contribution in [3.05, 3.63) is 72.8 Å². The van der Waals surface area contributed by atoms with E-state index in [9.17, 15) is 4.79 Å². The first-order chi connectivity index (χ1) is 11.3. The molecule has 1 amide bonds. The van der Waals surface area contributed by atoms with Crippen molar-refractivity contribution in [3.8, 4) is 11.3 Å². The molecule has 0 aliphatic rings. The van der Waals surface area contributed by atoms with Crippen molar-refractivity contribution in [1.29, 1.82) is 0 Å². The number of anilines is 1. The zero-order chi connectivity index (χ0) is 15.6. The smallest absolute Gasteiger partial charge is 0.273 e. The molecule has 0 radical (unpaired) electrons. The highest BCUT2D eigenvalue weighted by Crippen LogP contribution is 2.20. The zero-order valence-corrected chi connectivity index (χ0v) is 12.1. The van der Waals surface area contributed by atoms with Crippen LogP contribution in [0, 0.1) is 0 Å². The summed E-state index contributed by atoms with van der Waals surface area (Å²) in [5.74, 6) is -0.235. The van der Waals surface area contributed by atoms with Crippen LogP contribution in [0.4, 0.5) is 5.69 Å². The lowest BCUT2D eigenvalue weighted by Crippen LogP contribution is -2.12. The van der Waals surface area contributed by atoms with Gasteiger partial charge in [0.2, 0.25) is 0 Å². The van der Waals surface area contributed by atoms with E-state index in [0.717, 1.165) is 16.9 Å². The van der Waals surface area contributed by atoms with Gasteiger partial charge in [0, 0.05) is 35.9 Å². The Hall–Kier alpha value is -3.41. The number of nitrogens with zero attached hydrogens (tertiary/aromatic N) is 3. The molecule has 0 aliphatic carbocycles. The van der Waals surface area contributed by atoms with Gasteiger partial charge in [-0.1, -0.05) is 30.3 Å². The van der Waals surface area contributed by atoms with Crippen molar-refractivity contribution in [2.75, 3.05) is 5.32 Å². The van der Waals surface area contributed by atoms with E-state index in [1.165, 1.54) is 0 Å². The fourth-order valence-corrected chi connectivity index (χ4v) is 2.39. The second kappa shape index (κ2) is 5.42. The van der Waals surface area contributed by atoms with E-state index in [-0.39, 0.29) is 5.91 Å². The molecule has 6 nitrogen and oxygen atoms in total. The normalized spacial score (nSPS) is 10.8. The molecule has 4 aromatic rings. The van der Waals surface area contributed by atoms with Crippen molar-refractivity contribution in [2.24, 2.45) is 0 Å². The van der Waals surface area contributed by atoms with Crippen LogP contribution in [0.3, 0.4) is 0 Å². The molecule has 3 aromatic heterocycles. The molecule has 6 heteroatoms. The molecular formula is C17H13N5O. The number of carbonyl (C=O) groups excluding carboxylic acids is 1. The number of amides is 1. The summed E-state index contributed by atoms with van der Waals surface area (Å²) in [5, 5.41) is 9.23. The van der Waals surface area contributed by atoms with Gasteiger partial charge in [0.05, 0.1) is 5.69 Å². The molecule has 1 aromatic carbocycles. The lowest BCUT2D eigenvalue weighted by Gasteiger charge is -2.03. The molecule has 0 aliphatic heterocycles. The van der Waals surface area contributed by atoms with Crippen LogP contribution >= 0.6 is 0 Å². The Morgan fingerprint density at radius 2 is 2.00 bits per heavy atom. The first-order valence-electron chi connectivity index (χ1n) is 7.14.